The first kappa shape index (κ1) is 15.9. The molecular formula is C14H23N3O4S. The van der Waals surface area contributed by atoms with Crippen molar-refractivity contribution in [3.05, 3.63) is 18.2 Å². The van der Waals surface area contributed by atoms with Crippen molar-refractivity contribution in [1.82, 2.24) is 14.7 Å². The van der Waals surface area contributed by atoms with Gasteiger partial charge in [-0.3, -0.25) is 0 Å². The molecule has 1 aromatic rings. The van der Waals surface area contributed by atoms with E-state index in [0.29, 0.717) is 25.5 Å². The Morgan fingerprint density at radius 1 is 1.41 bits per heavy atom. The minimum absolute atomic E-state index is 0.0392. The molecule has 3 rings (SSSR count). The van der Waals surface area contributed by atoms with Gasteiger partial charge in [0, 0.05) is 25.6 Å². The fourth-order valence-corrected chi connectivity index (χ4v) is 4.95. The Hall–Kier alpha value is -0.960. The molecule has 2 aliphatic rings. The van der Waals surface area contributed by atoms with E-state index in [9.17, 15) is 8.42 Å². The van der Waals surface area contributed by atoms with Gasteiger partial charge < -0.3 is 14.5 Å². The number of aromatic amines is 1. The Morgan fingerprint density at radius 2 is 2.23 bits per heavy atom. The van der Waals surface area contributed by atoms with Crippen molar-refractivity contribution in [2.24, 2.45) is 5.41 Å². The molecule has 0 amide bonds. The summed E-state index contributed by atoms with van der Waals surface area (Å²) in [6.45, 7) is 5.49. The first-order valence-electron chi connectivity index (χ1n) is 7.54. The fraction of sp³-hybridized carbons (Fsp3) is 0.786. The van der Waals surface area contributed by atoms with Gasteiger partial charge in [0.05, 0.1) is 18.5 Å². The van der Waals surface area contributed by atoms with Crippen LogP contribution in [0, 0.1) is 5.41 Å². The zero-order valence-corrected chi connectivity index (χ0v) is 13.8. The molecule has 0 aliphatic carbocycles. The van der Waals surface area contributed by atoms with Crippen molar-refractivity contribution in [3.8, 4) is 0 Å². The SMILES string of the molecule is CC1(C)CCOC1CS(=O)(=O)NC1(c2ncc[nH]2)CCOC1. The van der Waals surface area contributed by atoms with Crippen LogP contribution in [0.4, 0.5) is 0 Å². The number of nitrogens with one attached hydrogen (secondary N) is 2. The normalized spacial score (nSPS) is 31.6. The highest BCUT2D eigenvalue weighted by molar-refractivity contribution is 7.89. The third kappa shape index (κ3) is 3.05. The first-order valence-corrected chi connectivity index (χ1v) is 9.19. The van der Waals surface area contributed by atoms with Gasteiger partial charge in [-0.15, -0.1) is 0 Å². The number of rotatable bonds is 5. The van der Waals surface area contributed by atoms with Gasteiger partial charge in [-0.05, 0) is 18.3 Å². The van der Waals surface area contributed by atoms with E-state index < -0.39 is 15.6 Å². The summed E-state index contributed by atoms with van der Waals surface area (Å²) in [6.07, 6.45) is 4.45. The summed E-state index contributed by atoms with van der Waals surface area (Å²) in [5, 5.41) is 0. The zero-order chi connectivity index (χ0) is 15.8. The van der Waals surface area contributed by atoms with E-state index in [0.717, 1.165) is 6.42 Å². The fourth-order valence-electron chi connectivity index (χ4n) is 3.07. The lowest BCUT2D eigenvalue weighted by Gasteiger charge is -2.29. The van der Waals surface area contributed by atoms with Gasteiger partial charge in [-0.2, -0.15) is 4.72 Å². The first-order chi connectivity index (χ1) is 10.3. The van der Waals surface area contributed by atoms with Crippen LogP contribution in [0.3, 0.4) is 0 Å². The van der Waals surface area contributed by atoms with Gasteiger partial charge in [0.25, 0.3) is 0 Å². The molecule has 7 nitrogen and oxygen atoms in total. The maximum Gasteiger partial charge on any atom is 0.215 e. The maximum atomic E-state index is 12.6. The summed E-state index contributed by atoms with van der Waals surface area (Å²) in [4.78, 5) is 7.22. The average molecular weight is 329 g/mol. The molecule has 22 heavy (non-hydrogen) atoms. The summed E-state index contributed by atoms with van der Waals surface area (Å²) in [5.74, 6) is 0.558. The number of ether oxygens (including phenoxy) is 2. The molecule has 0 spiro atoms. The highest BCUT2D eigenvalue weighted by Gasteiger charge is 2.45. The molecule has 0 aromatic carbocycles. The van der Waals surface area contributed by atoms with Gasteiger partial charge in [-0.25, -0.2) is 13.4 Å². The Balaban J connectivity index is 1.78. The van der Waals surface area contributed by atoms with Crippen molar-refractivity contribution in [2.75, 3.05) is 25.6 Å². The topological polar surface area (TPSA) is 93.3 Å². The monoisotopic (exact) mass is 329 g/mol. The molecule has 2 aliphatic heterocycles. The molecule has 0 saturated carbocycles. The quantitative estimate of drug-likeness (QED) is 0.832. The second kappa shape index (κ2) is 5.59. The minimum Gasteiger partial charge on any atom is -0.379 e. The Kier molecular flexibility index (Phi) is 4.05. The second-order valence-electron chi connectivity index (χ2n) is 6.80. The van der Waals surface area contributed by atoms with Crippen molar-refractivity contribution in [2.45, 2.75) is 38.3 Å². The highest BCUT2D eigenvalue weighted by Crippen LogP contribution is 2.35. The molecule has 2 fully saturated rings. The van der Waals surface area contributed by atoms with Crippen LogP contribution in [0.15, 0.2) is 12.4 Å². The second-order valence-corrected chi connectivity index (χ2v) is 8.57. The van der Waals surface area contributed by atoms with Crippen LogP contribution in [0.1, 0.15) is 32.5 Å². The van der Waals surface area contributed by atoms with Crippen LogP contribution < -0.4 is 4.72 Å². The molecular weight excluding hydrogens is 306 g/mol. The third-order valence-electron chi connectivity index (χ3n) is 4.63. The standard InChI is InChI=1S/C14H23N3O4S/c1-13(2)3-8-21-11(13)9-22(18,19)17-14(4-7-20-10-14)12-15-5-6-16-12/h5-6,11,17H,3-4,7-10H2,1-2H3,(H,15,16). The predicted molar refractivity (Wildman–Crippen MR) is 80.8 cm³/mol. The molecule has 2 N–H and O–H groups in total. The van der Waals surface area contributed by atoms with Crippen molar-refractivity contribution >= 4 is 10.0 Å². The minimum atomic E-state index is -3.52. The largest absolute Gasteiger partial charge is 0.379 e. The lowest BCUT2D eigenvalue weighted by Crippen LogP contribution is -2.50. The van der Waals surface area contributed by atoms with Gasteiger partial charge >= 0.3 is 0 Å². The van der Waals surface area contributed by atoms with E-state index in [2.05, 4.69) is 14.7 Å². The van der Waals surface area contributed by atoms with Gasteiger partial charge in [-0.1, -0.05) is 13.8 Å². The average Bonchev–Trinajstić information content (AvgIpc) is 3.11. The third-order valence-corrected chi connectivity index (χ3v) is 6.08. The molecule has 2 atom stereocenters. The van der Waals surface area contributed by atoms with Gasteiger partial charge in [0.15, 0.2) is 0 Å². The predicted octanol–water partition coefficient (Wildman–Crippen LogP) is 0.760. The number of imidazole rings is 1. The van der Waals surface area contributed by atoms with Gasteiger partial charge in [0.2, 0.25) is 10.0 Å². The van der Waals surface area contributed by atoms with Crippen LogP contribution in [0.2, 0.25) is 0 Å². The van der Waals surface area contributed by atoms with E-state index in [4.69, 9.17) is 9.47 Å². The summed E-state index contributed by atoms with van der Waals surface area (Å²) in [5.41, 5.74) is -0.927. The number of sulfonamides is 1. The van der Waals surface area contributed by atoms with Crippen molar-refractivity contribution in [3.63, 3.8) is 0 Å². The number of hydrogen-bond acceptors (Lipinski definition) is 5. The summed E-state index contributed by atoms with van der Waals surface area (Å²) in [6, 6.07) is 0. The molecule has 1 aromatic heterocycles. The van der Waals surface area contributed by atoms with Gasteiger partial charge in [0.1, 0.15) is 11.4 Å². The molecule has 0 bridgehead atoms. The van der Waals surface area contributed by atoms with E-state index in [1.54, 1.807) is 12.4 Å². The maximum absolute atomic E-state index is 12.6. The molecule has 8 heteroatoms. The van der Waals surface area contributed by atoms with E-state index in [-0.39, 0.29) is 23.9 Å². The van der Waals surface area contributed by atoms with E-state index in [1.807, 2.05) is 13.8 Å². The zero-order valence-electron chi connectivity index (χ0n) is 13.0. The summed E-state index contributed by atoms with van der Waals surface area (Å²) >= 11 is 0. The van der Waals surface area contributed by atoms with Crippen LogP contribution in [0.25, 0.3) is 0 Å². The lowest BCUT2D eigenvalue weighted by atomic mass is 9.87. The molecule has 0 radical (unpaired) electrons. The number of hydrogen-bond donors (Lipinski definition) is 2. The van der Waals surface area contributed by atoms with E-state index in [1.165, 1.54) is 0 Å². The number of nitrogens with zero attached hydrogens (tertiary/aromatic N) is 1. The van der Waals surface area contributed by atoms with Crippen molar-refractivity contribution < 1.29 is 17.9 Å². The van der Waals surface area contributed by atoms with E-state index >= 15 is 0 Å². The summed E-state index contributed by atoms with van der Waals surface area (Å²) < 4.78 is 39.1. The van der Waals surface area contributed by atoms with Crippen LogP contribution in [0.5, 0.6) is 0 Å². The van der Waals surface area contributed by atoms with Crippen LogP contribution in [-0.4, -0.2) is 50.1 Å². The number of aromatic nitrogens is 2. The van der Waals surface area contributed by atoms with Crippen LogP contribution >= 0.6 is 0 Å². The lowest BCUT2D eigenvalue weighted by molar-refractivity contribution is 0.0816. The molecule has 2 saturated heterocycles. The molecule has 3 heterocycles. The molecule has 124 valence electrons. The number of H-pyrrole nitrogens is 1. The molecule has 2 unspecified atom stereocenters. The Bertz CT molecular complexity index is 606. The smallest absolute Gasteiger partial charge is 0.215 e. The highest BCUT2D eigenvalue weighted by atomic mass is 32.2. The summed E-state index contributed by atoms with van der Waals surface area (Å²) in [7, 11) is -3.52. The van der Waals surface area contributed by atoms with Crippen molar-refractivity contribution in [1.29, 1.82) is 0 Å². The Morgan fingerprint density at radius 3 is 2.77 bits per heavy atom. The van der Waals surface area contributed by atoms with Crippen LogP contribution in [-0.2, 0) is 25.0 Å². The Labute approximate surface area is 130 Å².